The smallest absolute Gasteiger partial charge is 0.255 e. The summed E-state index contributed by atoms with van der Waals surface area (Å²) in [4.78, 5) is 14.7. The number of amides is 1. The Morgan fingerprint density at radius 1 is 1.12 bits per heavy atom. The highest BCUT2D eigenvalue weighted by Crippen LogP contribution is 2.28. The highest BCUT2D eigenvalue weighted by molar-refractivity contribution is 5.86. The topological polar surface area (TPSA) is 52.6 Å². The number of nitrogens with one attached hydrogen (secondary N) is 1. The van der Waals surface area contributed by atoms with E-state index in [1.165, 1.54) is 37.7 Å². The first-order valence-electron chi connectivity index (χ1n) is 10.4. The van der Waals surface area contributed by atoms with Gasteiger partial charge in [-0.05, 0) is 43.7 Å². The van der Waals surface area contributed by atoms with E-state index in [-0.39, 0.29) is 5.91 Å². The monoisotopic (exact) mass is 358 g/mol. The van der Waals surface area contributed by atoms with Gasteiger partial charge in [-0.3, -0.25) is 4.79 Å². The van der Waals surface area contributed by atoms with Crippen LogP contribution in [0.3, 0.4) is 0 Å². The summed E-state index contributed by atoms with van der Waals surface area (Å²) < 4.78 is 0. The lowest BCUT2D eigenvalue weighted by Gasteiger charge is -2.39. The van der Waals surface area contributed by atoms with Crippen LogP contribution < -0.4 is 5.32 Å². The summed E-state index contributed by atoms with van der Waals surface area (Å²) in [7, 11) is 0. The molecule has 1 unspecified atom stereocenters. The summed E-state index contributed by atoms with van der Waals surface area (Å²) in [5.41, 5.74) is 0.0534. The third-order valence-electron chi connectivity index (χ3n) is 6.09. The Kier molecular flexibility index (Phi) is 7.09. The second-order valence-electron chi connectivity index (χ2n) is 8.13. The predicted octanol–water partition coefficient (Wildman–Crippen LogP) is 3.14. The summed E-state index contributed by atoms with van der Waals surface area (Å²) in [5.74, 6) is 0.710. The van der Waals surface area contributed by atoms with Gasteiger partial charge in [-0.2, -0.15) is 0 Å². The van der Waals surface area contributed by atoms with E-state index in [9.17, 15) is 9.90 Å². The summed E-state index contributed by atoms with van der Waals surface area (Å²) in [6.45, 7) is 2.76. The molecule has 144 valence electrons. The van der Waals surface area contributed by atoms with Gasteiger partial charge in [-0.15, -0.1) is 0 Å². The fourth-order valence-corrected chi connectivity index (χ4v) is 4.43. The minimum Gasteiger partial charge on any atom is -0.379 e. The Bertz CT molecular complexity index is 557. The maximum atomic E-state index is 12.8. The fraction of sp³-hybridized carbons (Fsp3) is 0.682. The summed E-state index contributed by atoms with van der Waals surface area (Å²) in [5, 5.41) is 14.2. The number of carbonyl (C=O) groups excluding carboxylic acids is 1. The van der Waals surface area contributed by atoms with E-state index in [2.05, 4.69) is 17.4 Å². The van der Waals surface area contributed by atoms with Crippen molar-refractivity contribution in [2.24, 2.45) is 5.92 Å². The van der Waals surface area contributed by atoms with Crippen molar-refractivity contribution in [2.75, 3.05) is 26.2 Å². The zero-order valence-corrected chi connectivity index (χ0v) is 16.0. The molecule has 1 saturated carbocycles. The van der Waals surface area contributed by atoms with E-state index in [0.29, 0.717) is 13.0 Å². The molecule has 0 spiro atoms. The molecule has 1 aliphatic carbocycles. The molecule has 3 rings (SSSR count). The number of rotatable bonds is 8. The molecule has 2 aliphatic rings. The van der Waals surface area contributed by atoms with Crippen LogP contribution in [0.25, 0.3) is 0 Å². The quantitative estimate of drug-likeness (QED) is 0.702. The number of nitrogens with zero attached hydrogens (tertiary/aromatic N) is 1. The van der Waals surface area contributed by atoms with Gasteiger partial charge < -0.3 is 15.3 Å². The minimum atomic E-state index is -1.22. The Morgan fingerprint density at radius 2 is 1.88 bits per heavy atom. The van der Waals surface area contributed by atoms with Crippen molar-refractivity contribution >= 4 is 5.91 Å². The standard InChI is InChI=1S/C22H34N2O2/c25-21-22(26,18-23-15-12-19-8-3-1-4-9-19)14-7-16-24(21)17-13-20-10-5-2-6-11-20/h1,3-4,8-9,20,23,26H,2,5-7,10-18H2. The summed E-state index contributed by atoms with van der Waals surface area (Å²) >= 11 is 0. The fourth-order valence-electron chi connectivity index (χ4n) is 4.43. The number of hydrogen-bond acceptors (Lipinski definition) is 3. The van der Waals surface area contributed by atoms with Crippen molar-refractivity contribution in [1.82, 2.24) is 10.2 Å². The molecule has 1 atom stereocenters. The average molecular weight is 359 g/mol. The van der Waals surface area contributed by atoms with Gasteiger partial charge in [0, 0.05) is 19.6 Å². The molecule has 26 heavy (non-hydrogen) atoms. The van der Waals surface area contributed by atoms with E-state index >= 15 is 0 Å². The number of hydrogen-bond donors (Lipinski definition) is 2. The van der Waals surface area contributed by atoms with Crippen molar-refractivity contribution in [1.29, 1.82) is 0 Å². The van der Waals surface area contributed by atoms with Crippen molar-refractivity contribution in [3.63, 3.8) is 0 Å². The first-order chi connectivity index (χ1) is 12.7. The van der Waals surface area contributed by atoms with Gasteiger partial charge in [-0.25, -0.2) is 0 Å². The Morgan fingerprint density at radius 3 is 2.65 bits per heavy atom. The molecular weight excluding hydrogens is 324 g/mol. The summed E-state index contributed by atoms with van der Waals surface area (Å²) in [6, 6.07) is 10.3. The van der Waals surface area contributed by atoms with Crippen LogP contribution in [0.1, 0.15) is 56.9 Å². The first kappa shape index (κ1) is 19.4. The van der Waals surface area contributed by atoms with Crippen LogP contribution in [0.5, 0.6) is 0 Å². The molecule has 1 aromatic carbocycles. The molecule has 2 fully saturated rings. The molecule has 1 saturated heterocycles. The number of piperidine rings is 1. The van der Waals surface area contributed by atoms with Gasteiger partial charge in [0.1, 0.15) is 0 Å². The van der Waals surface area contributed by atoms with Gasteiger partial charge in [0.05, 0.1) is 0 Å². The van der Waals surface area contributed by atoms with E-state index in [1.807, 2.05) is 23.1 Å². The lowest BCUT2D eigenvalue weighted by molar-refractivity contribution is -0.156. The molecule has 2 N–H and O–H groups in total. The molecule has 1 heterocycles. The Labute approximate surface area is 158 Å². The maximum Gasteiger partial charge on any atom is 0.255 e. The van der Waals surface area contributed by atoms with Crippen LogP contribution in [0, 0.1) is 5.92 Å². The van der Waals surface area contributed by atoms with Crippen LogP contribution in [0.15, 0.2) is 30.3 Å². The van der Waals surface area contributed by atoms with Gasteiger partial charge in [-0.1, -0.05) is 62.4 Å². The number of carbonyl (C=O) groups is 1. The van der Waals surface area contributed by atoms with Crippen LogP contribution in [0.4, 0.5) is 0 Å². The molecule has 1 amide bonds. The number of aliphatic hydroxyl groups is 1. The van der Waals surface area contributed by atoms with Gasteiger partial charge in [0.15, 0.2) is 5.60 Å². The average Bonchev–Trinajstić information content (AvgIpc) is 2.68. The van der Waals surface area contributed by atoms with Crippen LogP contribution in [-0.2, 0) is 11.2 Å². The molecule has 4 heteroatoms. The van der Waals surface area contributed by atoms with E-state index in [1.54, 1.807) is 0 Å². The van der Waals surface area contributed by atoms with E-state index in [0.717, 1.165) is 44.8 Å². The molecule has 0 bridgehead atoms. The molecule has 0 radical (unpaired) electrons. The van der Waals surface area contributed by atoms with E-state index < -0.39 is 5.60 Å². The Balaban J connectivity index is 1.42. The Hall–Kier alpha value is -1.39. The third-order valence-corrected chi connectivity index (χ3v) is 6.09. The SMILES string of the molecule is O=C1N(CCC2CCCCC2)CCCC1(O)CNCCc1ccccc1. The van der Waals surface area contributed by atoms with Crippen molar-refractivity contribution in [3.05, 3.63) is 35.9 Å². The predicted molar refractivity (Wildman–Crippen MR) is 105 cm³/mol. The normalized spacial score (nSPS) is 24.8. The summed E-state index contributed by atoms with van der Waals surface area (Å²) in [6.07, 6.45) is 10.2. The largest absolute Gasteiger partial charge is 0.379 e. The molecule has 1 aromatic rings. The minimum absolute atomic E-state index is 0.0632. The number of likely N-dealkylation sites (tertiary alicyclic amines) is 1. The zero-order chi connectivity index (χ0) is 18.2. The maximum absolute atomic E-state index is 12.8. The van der Waals surface area contributed by atoms with Crippen molar-refractivity contribution in [3.8, 4) is 0 Å². The lowest BCUT2D eigenvalue weighted by Crippen LogP contribution is -2.58. The first-order valence-corrected chi connectivity index (χ1v) is 10.4. The van der Waals surface area contributed by atoms with E-state index in [4.69, 9.17) is 0 Å². The highest BCUT2D eigenvalue weighted by Gasteiger charge is 2.41. The highest BCUT2D eigenvalue weighted by atomic mass is 16.3. The molecule has 4 nitrogen and oxygen atoms in total. The zero-order valence-electron chi connectivity index (χ0n) is 16.0. The second kappa shape index (κ2) is 9.52. The third kappa shape index (κ3) is 5.31. The van der Waals surface area contributed by atoms with Gasteiger partial charge in [0.25, 0.3) is 5.91 Å². The lowest BCUT2D eigenvalue weighted by atomic mass is 9.86. The second-order valence-corrected chi connectivity index (χ2v) is 8.13. The molecule has 0 aromatic heterocycles. The van der Waals surface area contributed by atoms with Crippen molar-refractivity contribution < 1.29 is 9.90 Å². The number of benzene rings is 1. The van der Waals surface area contributed by atoms with Crippen LogP contribution in [0.2, 0.25) is 0 Å². The molecular formula is C22H34N2O2. The van der Waals surface area contributed by atoms with Crippen LogP contribution >= 0.6 is 0 Å². The van der Waals surface area contributed by atoms with Gasteiger partial charge in [0.2, 0.25) is 0 Å². The van der Waals surface area contributed by atoms with Gasteiger partial charge >= 0.3 is 0 Å². The van der Waals surface area contributed by atoms with Crippen molar-refractivity contribution in [2.45, 2.75) is 63.4 Å². The molecule has 1 aliphatic heterocycles. The van der Waals surface area contributed by atoms with Crippen LogP contribution in [-0.4, -0.2) is 47.7 Å².